The van der Waals surface area contributed by atoms with Crippen molar-refractivity contribution in [1.29, 1.82) is 5.26 Å². The van der Waals surface area contributed by atoms with Gasteiger partial charge in [0.1, 0.15) is 11.6 Å². The number of benzene rings is 2. The van der Waals surface area contributed by atoms with Crippen molar-refractivity contribution in [3.8, 4) is 17.3 Å². The first-order valence-corrected chi connectivity index (χ1v) is 8.98. The van der Waals surface area contributed by atoms with Gasteiger partial charge in [0.05, 0.1) is 23.1 Å². The maximum absolute atomic E-state index is 12.5. The van der Waals surface area contributed by atoms with E-state index >= 15 is 0 Å². The lowest BCUT2D eigenvalue weighted by Crippen LogP contribution is -2.13. The van der Waals surface area contributed by atoms with Gasteiger partial charge in [-0.15, -0.1) is 11.3 Å². The van der Waals surface area contributed by atoms with Crippen LogP contribution in [0, 0.1) is 11.3 Å². The van der Waals surface area contributed by atoms with Crippen LogP contribution in [0.5, 0.6) is 0 Å². The number of nitrogens with one attached hydrogen (secondary N) is 2. The average Bonchev–Trinajstić information content (AvgIpc) is 3.35. The highest BCUT2D eigenvalue weighted by Gasteiger charge is 2.13. The number of hydrogen-bond donors (Lipinski definition) is 2. The molecule has 0 spiro atoms. The van der Waals surface area contributed by atoms with E-state index in [9.17, 15) is 10.1 Å². The van der Waals surface area contributed by atoms with Crippen molar-refractivity contribution in [3.05, 3.63) is 71.4 Å². The van der Waals surface area contributed by atoms with Crippen molar-refractivity contribution < 1.29 is 4.79 Å². The van der Waals surface area contributed by atoms with Crippen LogP contribution >= 0.6 is 11.3 Å². The van der Waals surface area contributed by atoms with E-state index in [2.05, 4.69) is 20.3 Å². The molecule has 0 aliphatic heterocycles. The number of aromatic nitrogens is 3. The number of nitriles is 1. The summed E-state index contributed by atoms with van der Waals surface area (Å²) in [4.78, 5) is 24.0. The predicted molar refractivity (Wildman–Crippen MR) is 106 cm³/mol. The molecule has 2 heterocycles. The third kappa shape index (κ3) is 3.61. The van der Waals surface area contributed by atoms with E-state index in [0.717, 1.165) is 27.9 Å². The SMILES string of the molecule is N#C/C(=C\c1ccc2nc[nH]c2c1)C(=O)Nc1nc(-c2ccccc2)cs1. The molecule has 130 valence electrons. The van der Waals surface area contributed by atoms with Crippen LogP contribution in [-0.4, -0.2) is 20.9 Å². The molecule has 0 bridgehead atoms. The number of carbonyl (C=O) groups is 1. The van der Waals surface area contributed by atoms with Gasteiger partial charge in [-0.3, -0.25) is 10.1 Å². The van der Waals surface area contributed by atoms with E-state index in [0.29, 0.717) is 5.13 Å². The van der Waals surface area contributed by atoms with Gasteiger partial charge in [-0.1, -0.05) is 36.4 Å². The van der Waals surface area contributed by atoms with Gasteiger partial charge >= 0.3 is 0 Å². The number of carbonyl (C=O) groups excluding carboxylic acids is 1. The minimum Gasteiger partial charge on any atom is -0.345 e. The summed E-state index contributed by atoms with van der Waals surface area (Å²) in [5, 5.41) is 14.4. The van der Waals surface area contributed by atoms with E-state index in [1.165, 1.54) is 11.3 Å². The van der Waals surface area contributed by atoms with Crippen LogP contribution in [0.25, 0.3) is 28.4 Å². The van der Waals surface area contributed by atoms with Crippen molar-refractivity contribution in [2.75, 3.05) is 5.32 Å². The normalized spacial score (nSPS) is 11.3. The van der Waals surface area contributed by atoms with Gasteiger partial charge in [-0.2, -0.15) is 5.26 Å². The third-order valence-electron chi connectivity index (χ3n) is 3.91. The molecular weight excluding hydrogens is 358 g/mol. The lowest BCUT2D eigenvalue weighted by molar-refractivity contribution is -0.112. The van der Waals surface area contributed by atoms with E-state index in [4.69, 9.17) is 0 Å². The fourth-order valence-corrected chi connectivity index (χ4v) is 3.31. The molecule has 2 N–H and O–H groups in total. The second-order valence-corrected chi connectivity index (χ2v) is 6.57. The summed E-state index contributed by atoms with van der Waals surface area (Å²) in [7, 11) is 0. The molecule has 7 heteroatoms. The lowest BCUT2D eigenvalue weighted by atomic mass is 10.1. The highest BCUT2D eigenvalue weighted by Crippen LogP contribution is 2.25. The van der Waals surface area contributed by atoms with Crippen molar-refractivity contribution >= 4 is 39.5 Å². The third-order valence-corrected chi connectivity index (χ3v) is 4.67. The Bertz CT molecular complexity index is 1180. The first kappa shape index (κ1) is 16.7. The van der Waals surface area contributed by atoms with E-state index < -0.39 is 5.91 Å². The molecule has 27 heavy (non-hydrogen) atoms. The Labute approximate surface area is 158 Å². The topological polar surface area (TPSA) is 94.5 Å². The van der Waals surface area contributed by atoms with Gasteiger partial charge in [0, 0.05) is 10.9 Å². The Kier molecular flexibility index (Phi) is 4.47. The largest absolute Gasteiger partial charge is 0.345 e. The Hall–Kier alpha value is -3.76. The number of hydrogen-bond acceptors (Lipinski definition) is 5. The molecule has 1 amide bonds. The molecule has 0 saturated carbocycles. The van der Waals surface area contributed by atoms with Gasteiger partial charge in [-0.05, 0) is 23.8 Å². The molecule has 0 atom stereocenters. The van der Waals surface area contributed by atoms with Crippen LogP contribution in [0.15, 0.2) is 65.8 Å². The van der Waals surface area contributed by atoms with Crippen LogP contribution in [-0.2, 0) is 4.79 Å². The Morgan fingerprint density at radius 2 is 2.07 bits per heavy atom. The smallest absolute Gasteiger partial charge is 0.268 e. The zero-order valence-electron chi connectivity index (χ0n) is 14.0. The molecule has 0 fully saturated rings. The number of rotatable bonds is 4. The molecule has 6 nitrogen and oxygen atoms in total. The molecule has 4 rings (SSSR count). The van der Waals surface area contributed by atoms with Crippen LogP contribution < -0.4 is 5.32 Å². The van der Waals surface area contributed by atoms with Gasteiger partial charge in [0.15, 0.2) is 5.13 Å². The van der Waals surface area contributed by atoms with Crippen LogP contribution in [0.1, 0.15) is 5.56 Å². The zero-order valence-corrected chi connectivity index (χ0v) is 14.8. The van der Waals surface area contributed by atoms with Gasteiger partial charge < -0.3 is 4.98 Å². The van der Waals surface area contributed by atoms with Gasteiger partial charge in [0.25, 0.3) is 5.91 Å². The summed E-state index contributed by atoms with van der Waals surface area (Å²) in [5.74, 6) is -0.490. The summed E-state index contributed by atoms with van der Waals surface area (Å²) in [6, 6.07) is 17.1. The van der Waals surface area contributed by atoms with E-state index in [-0.39, 0.29) is 5.57 Å². The van der Waals surface area contributed by atoms with Crippen molar-refractivity contribution in [1.82, 2.24) is 15.0 Å². The highest BCUT2D eigenvalue weighted by atomic mass is 32.1. The molecule has 0 aliphatic rings. The van der Waals surface area contributed by atoms with Crippen molar-refractivity contribution in [2.24, 2.45) is 0 Å². The zero-order chi connectivity index (χ0) is 18.6. The molecule has 2 aromatic carbocycles. The molecule has 0 saturated heterocycles. The standard InChI is InChI=1S/C20H13N5OS/c21-10-15(8-13-6-7-16-17(9-13)23-12-22-16)19(26)25-20-24-18(11-27-20)14-4-2-1-3-5-14/h1-9,11-12H,(H,22,23)(H,24,25,26)/b15-8+. The number of amides is 1. The molecule has 2 aromatic heterocycles. The second kappa shape index (κ2) is 7.23. The first-order valence-electron chi connectivity index (χ1n) is 8.10. The minimum atomic E-state index is -0.490. The Morgan fingerprint density at radius 3 is 2.89 bits per heavy atom. The molecule has 4 aromatic rings. The van der Waals surface area contributed by atoms with Gasteiger partial charge in [-0.25, -0.2) is 9.97 Å². The van der Waals surface area contributed by atoms with E-state index in [1.54, 1.807) is 12.4 Å². The number of fused-ring (bicyclic) bond motifs is 1. The summed E-state index contributed by atoms with van der Waals surface area (Å²) in [5.41, 5.74) is 4.16. The van der Waals surface area contributed by atoms with Crippen molar-refractivity contribution in [3.63, 3.8) is 0 Å². The highest BCUT2D eigenvalue weighted by molar-refractivity contribution is 7.14. The van der Waals surface area contributed by atoms with Crippen LogP contribution in [0.2, 0.25) is 0 Å². The van der Waals surface area contributed by atoms with Crippen LogP contribution in [0.4, 0.5) is 5.13 Å². The number of imidazole rings is 1. The number of thiazole rings is 1. The maximum atomic E-state index is 12.5. The molecule has 0 unspecified atom stereocenters. The van der Waals surface area contributed by atoms with Gasteiger partial charge in [0.2, 0.25) is 0 Å². The fourth-order valence-electron chi connectivity index (χ4n) is 2.60. The molecule has 0 aliphatic carbocycles. The average molecular weight is 371 g/mol. The summed E-state index contributed by atoms with van der Waals surface area (Å²) in [6.07, 6.45) is 3.14. The van der Waals surface area contributed by atoms with Crippen molar-refractivity contribution in [2.45, 2.75) is 0 Å². The fraction of sp³-hybridized carbons (Fsp3) is 0. The minimum absolute atomic E-state index is 0.00493. The predicted octanol–water partition coefficient (Wildman–Crippen LogP) is 4.23. The molecular formula is C20H13N5OS. The van der Waals surface area contributed by atoms with E-state index in [1.807, 2.05) is 60.0 Å². The monoisotopic (exact) mass is 371 g/mol. The Morgan fingerprint density at radius 1 is 1.22 bits per heavy atom. The second-order valence-electron chi connectivity index (χ2n) is 5.71. The maximum Gasteiger partial charge on any atom is 0.268 e. The summed E-state index contributed by atoms with van der Waals surface area (Å²) < 4.78 is 0. The quantitative estimate of drug-likeness (QED) is 0.414. The number of H-pyrrole nitrogens is 1. The Balaban J connectivity index is 1.54. The number of nitrogens with zero attached hydrogens (tertiary/aromatic N) is 3. The lowest BCUT2D eigenvalue weighted by Gasteiger charge is -2.01. The number of aromatic amines is 1. The molecule has 0 radical (unpaired) electrons. The summed E-state index contributed by atoms with van der Waals surface area (Å²) >= 11 is 1.32. The first-order chi connectivity index (χ1) is 13.2. The van der Waals surface area contributed by atoms with Crippen LogP contribution in [0.3, 0.4) is 0 Å². The summed E-state index contributed by atoms with van der Waals surface area (Å²) in [6.45, 7) is 0. The number of anilines is 1.